The quantitative estimate of drug-likeness (QED) is 0.445. The third kappa shape index (κ3) is 7.71. The Morgan fingerprint density at radius 2 is 1.94 bits per heavy atom. The van der Waals surface area contributed by atoms with E-state index in [-0.39, 0.29) is 12.2 Å². The van der Waals surface area contributed by atoms with Gasteiger partial charge in [-0.3, -0.25) is 9.59 Å². The van der Waals surface area contributed by atoms with Gasteiger partial charge in [-0.15, -0.1) is 11.3 Å². The topological polar surface area (TPSA) is 106 Å². The van der Waals surface area contributed by atoms with Crippen LogP contribution in [-0.2, 0) is 19.1 Å². The van der Waals surface area contributed by atoms with Crippen LogP contribution in [0, 0.1) is 18.3 Å². The number of aliphatic hydroxyl groups excluding tert-OH is 2. The van der Waals surface area contributed by atoms with Crippen molar-refractivity contribution in [1.29, 1.82) is 0 Å². The number of ketones is 1. The fourth-order valence-corrected chi connectivity index (χ4v) is 4.56. The Kier molecular flexibility index (Phi) is 10.5. The van der Waals surface area contributed by atoms with Gasteiger partial charge >= 0.3 is 5.97 Å². The Morgan fingerprint density at radius 3 is 2.56 bits per heavy atom. The van der Waals surface area contributed by atoms with Crippen molar-refractivity contribution in [3.05, 3.63) is 32.8 Å². The summed E-state index contributed by atoms with van der Waals surface area (Å²) in [6, 6.07) is 0. The van der Waals surface area contributed by atoms with Crippen molar-refractivity contribution >= 4 is 40.8 Å². The van der Waals surface area contributed by atoms with Gasteiger partial charge in [0.25, 0.3) is 0 Å². The van der Waals surface area contributed by atoms with Crippen LogP contribution < -0.4 is 0 Å². The van der Waals surface area contributed by atoms with Crippen molar-refractivity contribution < 1.29 is 29.3 Å². The second kappa shape index (κ2) is 12.4. The smallest absolute Gasteiger partial charge is 0.309 e. The van der Waals surface area contributed by atoms with Crippen LogP contribution in [0.3, 0.4) is 0 Å². The summed E-state index contributed by atoms with van der Waals surface area (Å²) in [6.45, 7) is 10.6. The molecule has 0 saturated heterocycles. The zero-order chi connectivity index (χ0) is 25.6. The van der Waals surface area contributed by atoms with E-state index < -0.39 is 41.7 Å². The normalized spacial score (nSPS) is 32.1. The average Bonchev–Trinajstić information content (AvgIpc) is 3.18. The summed E-state index contributed by atoms with van der Waals surface area (Å²) in [6.07, 6.45) is 0.507. The summed E-state index contributed by atoms with van der Waals surface area (Å²) >= 11 is 8.03. The third-order valence-electron chi connectivity index (χ3n) is 6.30. The second-order valence-electron chi connectivity index (χ2n) is 9.50. The number of halogens is 1. The minimum absolute atomic E-state index is 0.315. The molecular formula is C25H36ClNO6S. The van der Waals surface area contributed by atoms with Crippen LogP contribution in [0.2, 0.25) is 0 Å². The molecule has 1 aromatic rings. The lowest BCUT2D eigenvalue weighted by Gasteiger charge is -2.34. The Labute approximate surface area is 210 Å². The van der Waals surface area contributed by atoms with Crippen LogP contribution in [-0.4, -0.2) is 58.0 Å². The van der Waals surface area contributed by atoms with Crippen LogP contribution in [0.15, 0.2) is 22.1 Å². The van der Waals surface area contributed by atoms with E-state index in [1.165, 1.54) is 11.3 Å². The highest BCUT2D eigenvalue weighted by atomic mass is 35.5. The van der Waals surface area contributed by atoms with Crippen molar-refractivity contribution in [3.63, 3.8) is 0 Å². The maximum atomic E-state index is 13.1. The minimum atomic E-state index is -1.30. The Balaban J connectivity index is 2.33. The van der Waals surface area contributed by atoms with E-state index in [1.54, 1.807) is 33.8 Å². The van der Waals surface area contributed by atoms with E-state index in [0.717, 1.165) is 10.6 Å². The summed E-state index contributed by atoms with van der Waals surface area (Å²) in [5.74, 6) is -1.80. The Bertz CT molecular complexity index is 924. The number of ether oxygens (including phenoxy) is 2. The van der Waals surface area contributed by atoms with Crippen LogP contribution in [0.25, 0.3) is 6.08 Å². The van der Waals surface area contributed by atoms with Gasteiger partial charge in [0.15, 0.2) is 0 Å². The predicted molar refractivity (Wildman–Crippen MR) is 134 cm³/mol. The molecule has 1 aromatic heterocycles. The van der Waals surface area contributed by atoms with Gasteiger partial charge in [-0.25, -0.2) is 4.98 Å². The lowest BCUT2D eigenvalue weighted by Crippen LogP contribution is -2.47. The maximum absolute atomic E-state index is 13.1. The van der Waals surface area contributed by atoms with E-state index in [9.17, 15) is 19.8 Å². The standard InChI is InChI=1S/C25H36ClNO6S/c1-14-7-8-20(19(26)11-18-13-34-17(4)27-18)33-22(29)12-21(28)25(5,6)24(31)15(2)23(30)16(3)32-10-9-14/h7,11,13,15-16,20-21,23,28,30H,8-10,12H2,1-6H3/b14-7-,19-11-/t15-,16-,20+,21+,23+/m1/s1. The van der Waals surface area contributed by atoms with Gasteiger partial charge in [-0.2, -0.15) is 0 Å². The van der Waals surface area contributed by atoms with Gasteiger partial charge < -0.3 is 19.7 Å². The van der Waals surface area contributed by atoms with E-state index in [0.29, 0.717) is 30.2 Å². The molecule has 0 unspecified atom stereocenters. The molecular weight excluding hydrogens is 478 g/mol. The SMILES string of the molecule is C/C1=C/C[C@@H](/C(Cl)=C/c2csc(C)n2)OC(=O)C[C@H](O)C(C)(C)C(=O)[C@H](C)[C@H](O)[C@@H](C)OCC1. The van der Waals surface area contributed by atoms with Crippen LogP contribution >= 0.6 is 22.9 Å². The molecule has 0 amide bonds. The van der Waals surface area contributed by atoms with Crippen LogP contribution in [0.4, 0.5) is 0 Å². The lowest BCUT2D eigenvalue weighted by molar-refractivity contribution is -0.154. The molecule has 34 heavy (non-hydrogen) atoms. The fourth-order valence-electron chi connectivity index (χ4n) is 3.74. The molecule has 1 aliphatic heterocycles. The number of aryl methyl sites for hydroxylation is 1. The molecule has 0 bridgehead atoms. The lowest BCUT2D eigenvalue weighted by atomic mass is 9.74. The van der Waals surface area contributed by atoms with Crippen molar-refractivity contribution in [1.82, 2.24) is 4.98 Å². The van der Waals surface area contributed by atoms with E-state index in [1.807, 2.05) is 25.3 Å². The predicted octanol–water partition coefficient (Wildman–Crippen LogP) is 4.43. The number of thiazole rings is 1. The number of hydrogen-bond acceptors (Lipinski definition) is 8. The molecule has 0 aromatic carbocycles. The molecule has 1 aliphatic rings. The highest BCUT2D eigenvalue weighted by Gasteiger charge is 2.42. The summed E-state index contributed by atoms with van der Waals surface area (Å²) in [5.41, 5.74) is 0.409. The number of aliphatic hydroxyl groups is 2. The Morgan fingerprint density at radius 1 is 1.26 bits per heavy atom. The number of aromatic nitrogens is 1. The van der Waals surface area contributed by atoms with Gasteiger partial charge in [0.1, 0.15) is 11.9 Å². The summed E-state index contributed by atoms with van der Waals surface area (Å²) in [4.78, 5) is 30.2. The number of nitrogens with zero attached hydrogens (tertiary/aromatic N) is 1. The third-order valence-corrected chi connectivity index (χ3v) is 7.44. The summed E-state index contributed by atoms with van der Waals surface area (Å²) in [7, 11) is 0. The van der Waals surface area contributed by atoms with E-state index in [2.05, 4.69) is 4.98 Å². The molecule has 0 radical (unpaired) electrons. The highest BCUT2D eigenvalue weighted by Crippen LogP contribution is 2.31. The van der Waals surface area contributed by atoms with Crippen LogP contribution in [0.5, 0.6) is 0 Å². The van der Waals surface area contributed by atoms with Crippen molar-refractivity contribution in [2.45, 2.75) is 85.2 Å². The van der Waals surface area contributed by atoms with Crippen LogP contribution in [0.1, 0.15) is 64.6 Å². The first-order valence-electron chi connectivity index (χ1n) is 11.5. The van der Waals surface area contributed by atoms with Gasteiger partial charge in [-0.1, -0.05) is 44.0 Å². The van der Waals surface area contributed by atoms with E-state index >= 15 is 0 Å². The van der Waals surface area contributed by atoms with Crippen molar-refractivity contribution in [2.75, 3.05) is 6.61 Å². The van der Waals surface area contributed by atoms with Crippen molar-refractivity contribution in [3.8, 4) is 0 Å². The molecule has 2 N–H and O–H groups in total. The number of hydrogen-bond donors (Lipinski definition) is 2. The number of Topliss-reactive ketones (excluding diaryl/α,β-unsaturated/α-hetero) is 1. The second-order valence-corrected chi connectivity index (χ2v) is 11.0. The zero-order valence-corrected chi connectivity index (χ0v) is 22.3. The van der Waals surface area contributed by atoms with E-state index in [4.69, 9.17) is 21.1 Å². The first kappa shape index (κ1) is 28.7. The molecule has 2 heterocycles. The number of esters is 1. The Hall–Kier alpha value is -1.58. The summed E-state index contributed by atoms with van der Waals surface area (Å²) in [5, 5.41) is 24.5. The molecule has 2 rings (SSSR count). The number of rotatable bonds is 2. The molecule has 190 valence electrons. The van der Waals surface area contributed by atoms with Crippen molar-refractivity contribution in [2.24, 2.45) is 11.3 Å². The molecule has 0 spiro atoms. The largest absolute Gasteiger partial charge is 0.456 e. The molecule has 9 heteroatoms. The summed E-state index contributed by atoms with van der Waals surface area (Å²) < 4.78 is 11.4. The molecule has 0 fully saturated rings. The zero-order valence-electron chi connectivity index (χ0n) is 20.7. The highest BCUT2D eigenvalue weighted by molar-refractivity contribution is 7.09. The number of carbonyl (C=O) groups excluding carboxylic acids is 2. The van der Waals surface area contributed by atoms with Gasteiger partial charge in [0, 0.05) is 17.7 Å². The average molecular weight is 514 g/mol. The minimum Gasteiger partial charge on any atom is -0.456 e. The molecule has 0 aliphatic carbocycles. The maximum Gasteiger partial charge on any atom is 0.309 e. The first-order chi connectivity index (χ1) is 15.8. The van der Waals surface area contributed by atoms with Gasteiger partial charge in [0.2, 0.25) is 0 Å². The molecule has 7 nitrogen and oxygen atoms in total. The van der Waals surface area contributed by atoms with Gasteiger partial charge in [0.05, 0.1) is 52.5 Å². The molecule has 0 saturated carbocycles. The monoisotopic (exact) mass is 513 g/mol. The first-order valence-corrected chi connectivity index (χ1v) is 12.7. The fraction of sp³-hybridized carbons (Fsp3) is 0.640. The van der Waals surface area contributed by atoms with Gasteiger partial charge in [-0.05, 0) is 33.3 Å². The number of cyclic esters (lactones) is 1. The molecule has 5 atom stereocenters. The number of carbonyl (C=O) groups is 2.